The van der Waals surface area contributed by atoms with E-state index in [1.165, 1.54) is 0 Å². The molecule has 1 atom stereocenters. The van der Waals surface area contributed by atoms with Crippen LogP contribution in [0.25, 0.3) is 0 Å². The first kappa shape index (κ1) is 19.5. The monoisotopic (exact) mass is 369 g/mol. The predicted octanol–water partition coefficient (Wildman–Crippen LogP) is 1.52. The Hall–Kier alpha value is -1.80. The Kier molecular flexibility index (Phi) is 7.52. The van der Waals surface area contributed by atoms with Gasteiger partial charge < -0.3 is 20.1 Å². The number of rotatable bonds is 8. The second-order valence-corrected chi connectivity index (χ2v) is 8.30. The van der Waals surface area contributed by atoms with Crippen LogP contribution in [0.2, 0.25) is 0 Å². The number of methoxy groups -OCH3 is 1. The Morgan fingerprint density at radius 1 is 1.36 bits per heavy atom. The summed E-state index contributed by atoms with van der Waals surface area (Å²) in [6.07, 6.45) is 1.54. The summed E-state index contributed by atoms with van der Waals surface area (Å²) in [6.45, 7) is 1.86. The minimum Gasteiger partial charge on any atom is -0.493 e. The third-order valence-electron chi connectivity index (χ3n) is 3.97. The first-order chi connectivity index (χ1) is 12.0. The fraction of sp³-hybridized carbons (Fsp3) is 0.588. The van der Waals surface area contributed by atoms with Crippen molar-refractivity contribution in [1.29, 1.82) is 0 Å². The van der Waals surface area contributed by atoms with Crippen LogP contribution in [0.3, 0.4) is 0 Å². The summed E-state index contributed by atoms with van der Waals surface area (Å²) in [5.41, 5.74) is 0.858. The molecule has 1 fully saturated rings. The zero-order valence-corrected chi connectivity index (χ0v) is 15.6. The summed E-state index contributed by atoms with van der Waals surface area (Å²) in [5, 5.41) is 6.39. The average molecular weight is 369 g/mol. The maximum atomic E-state index is 11.5. The third-order valence-corrected chi connectivity index (χ3v) is 5.80. The number of nitrogens with one attached hydrogen (secondary N) is 2. The number of sulfone groups is 1. The smallest absolute Gasteiger partial charge is 0.195 e. The van der Waals surface area contributed by atoms with Crippen LogP contribution in [-0.4, -0.2) is 59.8 Å². The molecule has 140 valence electrons. The quantitative estimate of drug-likeness (QED) is 0.410. The molecule has 1 aliphatic rings. The molecule has 2 rings (SSSR count). The van der Waals surface area contributed by atoms with Crippen molar-refractivity contribution in [1.82, 2.24) is 5.32 Å². The minimum atomic E-state index is -2.85. The highest BCUT2D eigenvalue weighted by atomic mass is 32.2. The van der Waals surface area contributed by atoms with Gasteiger partial charge in [0.2, 0.25) is 0 Å². The van der Waals surface area contributed by atoms with Crippen LogP contribution in [0.15, 0.2) is 29.3 Å². The molecular formula is C17H27N3O4S. The van der Waals surface area contributed by atoms with E-state index in [1.54, 1.807) is 14.2 Å². The largest absolute Gasteiger partial charge is 0.493 e. The zero-order chi connectivity index (χ0) is 18.1. The van der Waals surface area contributed by atoms with Gasteiger partial charge in [-0.1, -0.05) is 6.07 Å². The highest BCUT2D eigenvalue weighted by Crippen LogP contribution is 2.19. The van der Waals surface area contributed by atoms with Crippen LogP contribution in [-0.2, 0) is 14.6 Å². The number of guanidine groups is 1. The maximum absolute atomic E-state index is 11.5. The van der Waals surface area contributed by atoms with Gasteiger partial charge >= 0.3 is 0 Å². The van der Waals surface area contributed by atoms with E-state index in [-0.39, 0.29) is 17.4 Å². The van der Waals surface area contributed by atoms with Gasteiger partial charge in [0.05, 0.1) is 18.1 Å². The van der Waals surface area contributed by atoms with Gasteiger partial charge in [-0.05, 0) is 24.5 Å². The summed E-state index contributed by atoms with van der Waals surface area (Å²) in [5.74, 6) is 2.06. The van der Waals surface area contributed by atoms with E-state index in [0.717, 1.165) is 17.9 Å². The van der Waals surface area contributed by atoms with Crippen molar-refractivity contribution >= 4 is 21.5 Å². The van der Waals surface area contributed by atoms with Crippen molar-refractivity contribution in [3.8, 4) is 5.75 Å². The second kappa shape index (κ2) is 9.62. The molecule has 0 bridgehead atoms. The van der Waals surface area contributed by atoms with E-state index in [4.69, 9.17) is 9.47 Å². The van der Waals surface area contributed by atoms with Crippen LogP contribution in [0.4, 0.5) is 5.69 Å². The van der Waals surface area contributed by atoms with Gasteiger partial charge in [0, 0.05) is 45.5 Å². The molecule has 7 nitrogen and oxygen atoms in total. The highest BCUT2D eigenvalue weighted by Gasteiger charge is 2.27. The van der Waals surface area contributed by atoms with Crippen LogP contribution < -0.4 is 15.4 Å². The fourth-order valence-corrected chi connectivity index (χ4v) is 4.51. The third kappa shape index (κ3) is 6.91. The molecule has 0 aromatic heterocycles. The van der Waals surface area contributed by atoms with E-state index >= 15 is 0 Å². The number of hydrogen-bond acceptors (Lipinski definition) is 5. The van der Waals surface area contributed by atoms with Crippen LogP contribution in [0.5, 0.6) is 5.75 Å². The number of anilines is 1. The molecule has 0 aliphatic carbocycles. The normalized spacial score (nSPS) is 19.6. The molecule has 1 aromatic rings. The molecular weight excluding hydrogens is 342 g/mol. The Labute approximate surface area is 149 Å². The Morgan fingerprint density at radius 2 is 2.20 bits per heavy atom. The summed E-state index contributed by atoms with van der Waals surface area (Å²) in [4.78, 5) is 4.18. The lowest BCUT2D eigenvalue weighted by molar-refractivity contribution is 0.172. The van der Waals surface area contributed by atoms with E-state index in [9.17, 15) is 8.42 Å². The Bertz CT molecular complexity index is 676. The molecule has 0 radical (unpaired) electrons. The van der Waals surface area contributed by atoms with Crippen LogP contribution in [0, 0.1) is 5.92 Å². The van der Waals surface area contributed by atoms with Gasteiger partial charge in [0.1, 0.15) is 5.75 Å². The van der Waals surface area contributed by atoms with E-state index in [2.05, 4.69) is 15.6 Å². The lowest BCUT2D eigenvalue weighted by atomic mass is 10.1. The van der Waals surface area contributed by atoms with Crippen molar-refractivity contribution in [2.75, 3.05) is 50.7 Å². The van der Waals surface area contributed by atoms with Gasteiger partial charge in [0.15, 0.2) is 15.8 Å². The number of ether oxygens (including phenoxy) is 2. The van der Waals surface area contributed by atoms with Gasteiger partial charge in [-0.25, -0.2) is 8.42 Å². The standard InChI is InChI=1S/C17H27N3O4S/c1-18-17(19-12-14-7-10-25(21,22)13-14)20-15-5-3-6-16(11-15)24-9-4-8-23-2/h3,5-6,11,14H,4,7-10,12-13H2,1-2H3,(H2,18,19,20). The SMILES string of the molecule is CN=C(NCC1CCS(=O)(=O)C1)Nc1cccc(OCCCOC)c1. The van der Waals surface area contributed by atoms with Crippen molar-refractivity contribution in [3.05, 3.63) is 24.3 Å². The molecule has 8 heteroatoms. The minimum absolute atomic E-state index is 0.138. The molecule has 1 aliphatic heterocycles. The first-order valence-electron chi connectivity index (χ1n) is 8.42. The van der Waals surface area contributed by atoms with Gasteiger partial charge in [-0.15, -0.1) is 0 Å². The van der Waals surface area contributed by atoms with Crippen molar-refractivity contribution in [3.63, 3.8) is 0 Å². The molecule has 25 heavy (non-hydrogen) atoms. The Morgan fingerprint density at radius 3 is 2.88 bits per heavy atom. The van der Waals surface area contributed by atoms with E-state index in [1.807, 2.05) is 24.3 Å². The van der Waals surface area contributed by atoms with Crippen LogP contribution >= 0.6 is 0 Å². The number of hydrogen-bond donors (Lipinski definition) is 2. The average Bonchev–Trinajstić information content (AvgIpc) is 2.95. The topological polar surface area (TPSA) is 89.0 Å². The van der Waals surface area contributed by atoms with Crippen molar-refractivity contribution in [2.45, 2.75) is 12.8 Å². The summed E-state index contributed by atoms with van der Waals surface area (Å²) >= 11 is 0. The number of aliphatic imine (C=N–C) groups is 1. The Balaban J connectivity index is 1.82. The lowest BCUT2D eigenvalue weighted by Crippen LogP contribution is -2.35. The van der Waals surface area contributed by atoms with E-state index < -0.39 is 9.84 Å². The number of benzene rings is 1. The summed E-state index contributed by atoms with van der Waals surface area (Å²) in [7, 11) is 0.504. The van der Waals surface area contributed by atoms with Gasteiger partial charge in [-0.3, -0.25) is 4.99 Å². The van der Waals surface area contributed by atoms with Crippen molar-refractivity contribution in [2.24, 2.45) is 10.9 Å². The summed E-state index contributed by atoms with van der Waals surface area (Å²) in [6, 6.07) is 7.64. The molecule has 1 heterocycles. The fourth-order valence-electron chi connectivity index (χ4n) is 2.65. The van der Waals surface area contributed by atoms with Crippen molar-refractivity contribution < 1.29 is 17.9 Å². The van der Waals surface area contributed by atoms with Gasteiger partial charge in [0.25, 0.3) is 0 Å². The van der Waals surface area contributed by atoms with Gasteiger partial charge in [-0.2, -0.15) is 0 Å². The lowest BCUT2D eigenvalue weighted by Gasteiger charge is -2.15. The van der Waals surface area contributed by atoms with Crippen LogP contribution in [0.1, 0.15) is 12.8 Å². The first-order valence-corrected chi connectivity index (χ1v) is 10.2. The predicted molar refractivity (Wildman–Crippen MR) is 100 cm³/mol. The molecule has 2 N–H and O–H groups in total. The molecule has 1 unspecified atom stereocenters. The maximum Gasteiger partial charge on any atom is 0.195 e. The molecule has 0 spiro atoms. The molecule has 1 saturated heterocycles. The number of nitrogens with zero attached hydrogens (tertiary/aromatic N) is 1. The highest BCUT2D eigenvalue weighted by molar-refractivity contribution is 7.91. The molecule has 0 amide bonds. The summed E-state index contributed by atoms with van der Waals surface area (Å²) < 4.78 is 33.7. The molecule has 0 saturated carbocycles. The molecule has 1 aromatic carbocycles. The second-order valence-electron chi connectivity index (χ2n) is 6.07. The van der Waals surface area contributed by atoms with E-state index in [0.29, 0.717) is 32.1 Å². The zero-order valence-electron chi connectivity index (χ0n) is 14.8.